The van der Waals surface area contributed by atoms with Crippen molar-refractivity contribution in [1.82, 2.24) is 4.90 Å². The van der Waals surface area contributed by atoms with E-state index in [0.717, 1.165) is 13.0 Å². The fraction of sp³-hybridized carbons (Fsp3) is 0.650. The van der Waals surface area contributed by atoms with Crippen LogP contribution in [0.2, 0.25) is 0 Å². The molecule has 4 nitrogen and oxygen atoms in total. The fourth-order valence-electron chi connectivity index (χ4n) is 4.43. The summed E-state index contributed by atoms with van der Waals surface area (Å²) in [5.74, 6) is 0.485. The number of nitrogens with two attached hydrogens (primary N) is 1. The molecule has 1 amide bonds. The first-order chi connectivity index (χ1) is 11.3. The Hall–Kier alpha value is -1.10. The molecule has 1 aliphatic carbocycles. The molecule has 1 aromatic carbocycles. The van der Waals surface area contributed by atoms with Crippen LogP contribution >= 0.6 is 12.4 Å². The summed E-state index contributed by atoms with van der Waals surface area (Å²) in [4.78, 5) is 15.2. The molecule has 1 heterocycles. The van der Waals surface area contributed by atoms with Crippen LogP contribution in [0.15, 0.2) is 30.3 Å². The zero-order chi connectivity index (χ0) is 17.5. The van der Waals surface area contributed by atoms with Crippen LogP contribution in [-0.2, 0) is 9.53 Å². The van der Waals surface area contributed by atoms with Gasteiger partial charge in [0.2, 0.25) is 5.91 Å². The van der Waals surface area contributed by atoms with Crippen LogP contribution in [0, 0.1) is 5.41 Å². The zero-order valence-electron chi connectivity index (χ0n) is 15.7. The average Bonchev–Trinajstić information content (AvgIpc) is 2.96. The smallest absolute Gasteiger partial charge is 0.243 e. The van der Waals surface area contributed by atoms with Gasteiger partial charge >= 0.3 is 0 Å². The monoisotopic (exact) mass is 366 g/mol. The number of carbonyl (C=O) groups is 1. The first kappa shape index (κ1) is 20.2. The van der Waals surface area contributed by atoms with Crippen LogP contribution in [0.25, 0.3) is 0 Å². The van der Waals surface area contributed by atoms with Crippen LogP contribution in [-0.4, -0.2) is 41.6 Å². The normalized spacial score (nSPS) is 33.5. The topological polar surface area (TPSA) is 55.6 Å². The molecule has 1 saturated heterocycles. The van der Waals surface area contributed by atoms with E-state index in [4.69, 9.17) is 10.5 Å². The summed E-state index contributed by atoms with van der Waals surface area (Å²) in [5.41, 5.74) is 6.77. The molecule has 1 aromatic rings. The predicted molar refractivity (Wildman–Crippen MR) is 103 cm³/mol. The first-order valence-electron chi connectivity index (χ1n) is 9.09. The van der Waals surface area contributed by atoms with Crippen molar-refractivity contribution in [1.29, 1.82) is 0 Å². The molecular weight excluding hydrogens is 336 g/mol. The second kappa shape index (κ2) is 7.26. The van der Waals surface area contributed by atoms with Gasteiger partial charge in [-0.3, -0.25) is 4.79 Å². The highest BCUT2D eigenvalue weighted by Crippen LogP contribution is 2.51. The van der Waals surface area contributed by atoms with Crippen molar-refractivity contribution >= 4 is 18.3 Å². The van der Waals surface area contributed by atoms with Gasteiger partial charge in [-0.25, -0.2) is 0 Å². The van der Waals surface area contributed by atoms with E-state index in [1.54, 1.807) is 0 Å². The molecule has 0 bridgehead atoms. The number of amides is 1. The van der Waals surface area contributed by atoms with Crippen LogP contribution in [0.5, 0.6) is 0 Å². The highest BCUT2D eigenvalue weighted by Gasteiger charge is 2.64. The molecule has 1 aliphatic heterocycles. The third kappa shape index (κ3) is 3.09. The largest absolute Gasteiger partial charge is 0.378 e. The van der Waals surface area contributed by atoms with Crippen molar-refractivity contribution in [2.24, 2.45) is 11.1 Å². The number of carbonyl (C=O) groups excluding carboxylic acids is 1. The van der Waals surface area contributed by atoms with Crippen molar-refractivity contribution in [2.75, 3.05) is 13.2 Å². The Balaban J connectivity index is 0.00000225. The molecule has 0 aromatic heterocycles. The Kier molecular flexibility index (Phi) is 5.87. The molecule has 140 valence electrons. The number of hydrogen-bond donors (Lipinski definition) is 1. The number of hydrogen-bond acceptors (Lipinski definition) is 3. The van der Waals surface area contributed by atoms with E-state index in [0.29, 0.717) is 18.9 Å². The van der Waals surface area contributed by atoms with Gasteiger partial charge in [0.25, 0.3) is 0 Å². The predicted octanol–water partition coefficient (Wildman–Crippen LogP) is 3.35. The molecule has 4 unspecified atom stereocenters. The molecule has 2 N–H and O–H groups in total. The minimum atomic E-state index is -0.813. The standard InChI is InChI=1S/C20H30N2O2.ClH/c1-5-24-17-13-20(21,19(17,3)4)18(23)22-12-11-16(14(22)2)15-9-7-6-8-10-15;/h6-10,14,16-17H,5,11-13,21H2,1-4H3;1H. The summed E-state index contributed by atoms with van der Waals surface area (Å²) in [6, 6.07) is 10.7. The quantitative estimate of drug-likeness (QED) is 0.889. The lowest BCUT2D eigenvalue weighted by molar-refractivity contribution is -0.179. The van der Waals surface area contributed by atoms with Gasteiger partial charge < -0.3 is 15.4 Å². The van der Waals surface area contributed by atoms with Gasteiger partial charge in [0.05, 0.1) is 6.10 Å². The molecule has 0 spiro atoms. The summed E-state index contributed by atoms with van der Waals surface area (Å²) < 4.78 is 5.77. The van der Waals surface area contributed by atoms with Crippen molar-refractivity contribution in [3.8, 4) is 0 Å². The number of benzene rings is 1. The maximum atomic E-state index is 13.2. The van der Waals surface area contributed by atoms with Crippen molar-refractivity contribution < 1.29 is 9.53 Å². The second-order valence-electron chi connectivity index (χ2n) is 7.89. The Bertz CT molecular complexity index is 607. The molecule has 0 radical (unpaired) electrons. The third-order valence-electron chi connectivity index (χ3n) is 6.46. The van der Waals surface area contributed by atoms with Crippen LogP contribution in [0.1, 0.15) is 52.0 Å². The number of nitrogens with zero attached hydrogens (tertiary/aromatic N) is 1. The molecule has 2 fully saturated rings. The first-order valence-corrected chi connectivity index (χ1v) is 9.09. The number of rotatable bonds is 4. The van der Waals surface area contributed by atoms with Crippen LogP contribution in [0.3, 0.4) is 0 Å². The summed E-state index contributed by atoms with van der Waals surface area (Å²) in [6.07, 6.45) is 1.69. The Morgan fingerprint density at radius 3 is 2.52 bits per heavy atom. The van der Waals surface area contributed by atoms with E-state index in [1.165, 1.54) is 5.56 Å². The molecule has 2 aliphatic rings. The third-order valence-corrected chi connectivity index (χ3v) is 6.46. The lowest BCUT2D eigenvalue weighted by Crippen LogP contribution is -2.76. The summed E-state index contributed by atoms with van der Waals surface area (Å²) in [6.45, 7) is 9.70. The minimum absolute atomic E-state index is 0. The Labute approximate surface area is 157 Å². The van der Waals surface area contributed by atoms with E-state index >= 15 is 0 Å². The van der Waals surface area contributed by atoms with Gasteiger partial charge in [0.1, 0.15) is 5.54 Å². The SMILES string of the molecule is CCOC1CC(N)(C(=O)N2CCC(c3ccccc3)C2C)C1(C)C.Cl. The molecular formula is C20H31ClN2O2. The maximum absolute atomic E-state index is 13.2. The molecule has 4 atom stereocenters. The van der Waals surface area contributed by atoms with Gasteiger partial charge in [0, 0.05) is 36.9 Å². The molecule has 5 heteroatoms. The Morgan fingerprint density at radius 2 is 1.96 bits per heavy atom. The number of likely N-dealkylation sites (tertiary alicyclic amines) is 1. The lowest BCUT2D eigenvalue weighted by Gasteiger charge is -2.58. The Morgan fingerprint density at radius 1 is 1.32 bits per heavy atom. The van der Waals surface area contributed by atoms with Crippen LogP contribution in [0.4, 0.5) is 0 Å². The molecule has 25 heavy (non-hydrogen) atoms. The van der Waals surface area contributed by atoms with Gasteiger partial charge in [-0.1, -0.05) is 44.2 Å². The van der Waals surface area contributed by atoms with Gasteiger partial charge in [-0.05, 0) is 25.8 Å². The van der Waals surface area contributed by atoms with E-state index in [1.807, 2.05) is 17.9 Å². The van der Waals surface area contributed by atoms with Crippen molar-refractivity contribution in [3.05, 3.63) is 35.9 Å². The number of halogens is 1. The maximum Gasteiger partial charge on any atom is 0.243 e. The van der Waals surface area contributed by atoms with Gasteiger partial charge in [-0.15, -0.1) is 12.4 Å². The van der Waals surface area contributed by atoms with Crippen molar-refractivity contribution in [3.63, 3.8) is 0 Å². The molecule has 1 saturated carbocycles. The fourth-order valence-corrected chi connectivity index (χ4v) is 4.43. The summed E-state index contributed by atoms with van der Waals surface area (Å²) in [7, 11) is 0. The summed E-state index contributed by atoms with van der Waals surface area (Å²) in [5, 5.41) is 0. The lowest BCUT2D eigenvalue weighted by atomic mass is 9.54. The second-order valence-corrected chi connectivity index (χ2v) is 7.89. The van der Waals surface area contributed by atoms with E-state index < -0.39 is 5.54 Å². The van der Waals surface area contributed by atoms with Gasteiger partial charge in [-0.2, -0.15) is 0 Å². The summed E-state index contributed by atoms with van der Waals surface area (Å²) >= 11 is 0. The van der Waals surface area contributed by atoms with Crippen molar-refractivity contribution in [2.45, 2.75) is 64.1 Å². The van der Waals surface area contributed by atoms with E-state index in [2.05, 4.69) is 45.0 Å². The molecule has 3 rings (SSSR count). The minimum Gasteiger partial charge on any atom is -0.378 e. The highest BCUT2D eigenvalue weighted by atomic mass is 35.5. The van der Waals surface area contributed by atoms with E-state index in [9.17, 15) is 4.79 Å². The average molecular weight is 367 g/mol. The van der Waals surface area contributed by atoms with E-state index in [-0.39, 0.29) is 35.9 Å². The van der Waals surface area contributed by atoms with Gasteiger partial charge in [0.15, 0.2) is 0 Å². The van der Waals surface area contributed by atoms with Crippen LogP contribution < -0.4 is 5.73 Å². The zero-order valence-corrected chi connectivity index (χ0v) is 16.5. The number of ether oxygens (including phenoxy) is 1. The highest BCUT2D eigenvalue weighted by molar-refractivity contribution is 5.89.